The van der Waals surface area contributed by atoms with E-state index in [4.69, 9.17) is 4.74 Å². The van der Waals surface area contributed by atoms with Gasteiger partial charge in [-0.1, -0.05) is 37.8 Å². The molecule has 32 heavy (non-hydrogen) atoms. The summed E-state index contributed by atoms with van der Waals surface area (Å²) in [6.45, 7) is 0.649. The molecule has 2 amide bonds. The summed E-state index contributed by atoms with van der Waals surface area (Å²) in [6.07, 6.45) is 5.12. The molecule has 1 aliphatic heterocycles. The van der Waals surface area contributed by atoms with Crippen molar-refractivity contribution in [2.24, 2.45) is 0 Å². The van der Waals surface area contributed by atoms with E-state index in [1.807, 2.05) is 59.3 Å². The molecule has 8 heteroatoms. The number of nitrogens with one attached hydrogen (secondary N) is 2. The van der Waals surface area contributed by atoms with E-state index in [0.29, 0.717) is 18.0 Å². The third kappa shape index (κ3) is 3.94. The molecule has 0 bridgehead atoms. The van der Waals surface area contributed by atoms with E-state index in [9.17, 15) is 9.59 Å². The van der Waals surface area contributed by atoms with Crippen molar-refractivity contribution in [3.63, 3.8) is 0 Å². The number of amides is 2. The fourth-order valence-corrected chi connectivity index (χ4v) is 3.74. The zero-order valence-electron chi connectivity index (χ0n) is 16.9. The van der Waals surface area contributed by atoms with Crippen LogP contribution in [0.2, 0.25) is 0 Å². The van der Waals surface area contributed by atoms with Crippen LogP contribution in [-0.2, 0) is 11.3 Å². The number of imidazole rings is 1. The van der Waals surface area contributed by atoms with Crippen LogP contribution in [0.3, 0.4) is 0 Å². The van der Waals surface area contributed by atoms with Gasteiger partial charge in [-0.25, -0.2) is 4.98 Å². The fourth-order valence-electron chi connectivity index (χ4n) is 3.74. The first-order valence-corrected chi connectivity index (χ1v) is 9.96. The first-order chi connectivity index (χ1) is 15.1. The fraction of sp³-hybridized carbons (Fsp3) is 0.208. The zero-order chi connectivity index (χ0) is 21.4. The van der Waals surface area contributed by atoms with Gasteiger partial charge in [0.25, 0.3) is 11.8 Å². The maximum atomic E-state index is 13.0. The third-order valence-electron chi connectivity index (χ3n) is 5.41. The molecule has 2 aromatic carbocycles. The molecular formula is C24H25N5O3. The van der Waals surface area contributed by atoms with Gasteiger partial charge in [-0.3, -0.25) is 9.59 Å². The van der Waals surface area contributed by atoms with Crippen LogP contribution in [-0.4, -0.2) is 46.0 Å². The smallest absolute Gasteiger partial charge is 0.272 e. The minimum absolute atomic E-state index is 0. The Morgan fingerprint density at radius 1 is 1.25 bits per heavy atom. The van der Waals surface area contributed by atoms with Crippen molar-refractivity contribution >= 4 is 28.4 Å². The number of hydrogen-bond acceptors (Lipinski definition) is 4. The van der Waals surface area contributed by atoms with Gasteiger partial charge in [0, 0.05) is 43.0 Å². The zero-order valence-corrected chi connectivity index (χ0v) is 16.9. The van der Waals surface area contributed by atoms with E-state index >= 15 is 0 Å². The number of carbonyl (C=O) groups is 2. The lowest BCUT2D eigenvalue weighted by Crippen LogP contribution is -2.49. The second kappa shape index (κ2) is 8.58. The topological polar surface area (TPSA) is 92.2 Å². The Morgan fingerprint density at radius 3 is 2.88 bits per heavy atom. The largest absolute Gasteiger partial charge is 0.489 e. The molecule has 0 fully saturated rings. The first kappa shape index (κ1) is 21.2. The molecule has 2 aromatic heterocycles. The average Bonchev–Trinajstić information content (AvgIpc) is 3.42. The second-order valence-corrected chi connectivity index (χ2v) is 7.54. The van der Waals surface area contributed by atoms with Gasteiger partial charge in [-0.05, 0) is 17.7 Å². The number of benzene rings is 2. The minimum Gasteiger partial charge on any atom is -0.489 e. The summed E-state index contributed by atoms with van der Waals surface area (Å²) >= 11 is 0. The lowest BCUT2D eigenvalue weighted by atomic mass is 10.2. The number of fused-ring (bicyclic) bond motifs is 2. The standard InChI is InChI=1S/C23H21N5O3.CH4/c1-27-20-9-16-7-8-24-17(16)10-21(20)31-13-19(23(27)30)26-22(29)18-12-28(14-25-18)11-15-5-3-2-4-6-15;/h2-10,12,14,19,24H,11,13H2,1H3,(H,26,29);1H4/t19-;/m0./s1. The van der Waals surface area contributed by atoms with Gasteiger partial charge in [-0.15, -0.1) is 0 Å². The summed E-state index contributed by atoms with van der Waals surface area (Å²) in [5.41, 5.74) is 2.95. The van der Waals surface area contributed by atoms with E-state index in [-0.39, 0.29) is 25.6 Å². The van der Waals surface area contributed by atoms with Gasteiger partial charge < -0.3 is 24.5 Å². The molecule has 1 aliphatic rings. The number of anilines is 1. The summed E-state index contributed by atoms with van der Waals surface area (Å²) in [7, 11) is 1.68. The van der Waals surface area contributed by atoms with Gasteiger partial charge in [-0.2, -0.15) is 0 Å². The van der Waals surface area contributed by atoms with Crippen LogP contribution in [0.25, 0.3) is 10.9 Å². The highest BCUT2D eigenvalue weighted by atomic mass is 16.5. The van der Waals surface area contributed by atoms with Crippen molar-refractivity contribution in [1.82, 2.24) is 19.9 Å². The van der Waals surface area contributed by atoms with Gasteiger partial charge in [0.15, 0.2) is 0 Å². The lowest BCUT2D eigenvalue weighted by Gasteiger charge is -2.20. The Morgan fingerprint density at radius 2 is 2.06 bits per heavy atom. The number of likely N-dealkylation sites (N-methyl/N-ethyl adjacent to an activating group) is 1. The Labute approximate surface area is 185 Å². The van der Waals surface area contributed by atoms with Gasteiger partial charge in [0.1, 0.15) is 24.1 Å². The van der Waals surface area contributed by atoms with Crippen LogP contribution in [0, 0.1) is 0 Å². The Balaban J connectivity index is 0.00000245. The molecule has 4 aromatic rings. The highest BCUT2D eigenvalue weighted by Gasteiger charge is 2.31. The minimum atomic E-state index is -0.817. The molecule has 0 spiro atoms. The van der Waals surface area contributed by atoms with Crippen LogP contribution >= 0.6 is 0 Å². The van der Waals surface area contributed by atoms with E-state index < -0.39 is 11.9 Å². The van der Waals surface area contributed by atoms with Gasteiger partial charge in [0.2, 0.25) is 0 Å². The van der Waals surface area contributed by atoms with Crippen molar-refractivity contribution < 1.29 is 14.3 Å². The van der Waals surface area contributed by atoms with E-state index in [1.165, 1.54) is 4.90 Å². The molecular weight excluding hydrogens is 406 g/mol. The number of rotatable bonds is 4. The maximum absolute atomic E-state index is 13.0. The number of H-pyrrole nitrogens is 1. The van der Waals surface area contributed by atoms with E-state index in [2.05, 4.69) is 15.3 Å². The molecule has 8 nitrogen and oxygen atoms in total. The highest BCUT2D eigenvalue weighted by molar-refractivity contribution is 6.04. The highest BCUT2D eigenvalue weighted by Crippen LogP contribution is 2.34. The number of carbonyl (C=O) groups excluding carboxylic acids is 2. The van der Waals surface area contributed by atoms with E-state index in [0.717, 1.165) is 16.5 Å². The predicted octanol–water partition coefficient (Wildman–Crippen LogP) is 3.20. The van der Waals surface area contributed by atoms with Crippen LogP contribution in [0.1, 0.15) is 23.5 Å². The Hall–Kier alpha value is -4.07. The van der Waals surface area contributed by atoms with Crippen LogP contribution in [0.4, 0.5) is 5.69 Å². The maximum Gasteiger partial charge on any atom is 0.272 e. The molecule has 164 valence electrons. The van der Waals surface area contributed by atoms with Crippen molar-refractivity contribution in [3.8, 4) is 5.75 Å². The number of aromatic nitrogens is 3. The second-order valence-electron chi connectivity index (χ2n) is 7.54. The summed E-state index contributed by atoms with van der Waals surface area (Å²) < 4.78 is 7.71. The molecule has 0 saturated carbocycles. The van der Waals surface area contributed by atoms with Crippen molar-refractivity contribution in [2.45, 2.75) is 20.0 Å². The number of hydrogen-bond donors (Lipinski definition) is 2. The summed E-state index contributed by atoms with van der Waals surface area (Å²) in [6, 6.07) is 14.8. The number of aromatic amines is 1. The van der Waals surface area contributed by atoms with Crippen molar-refractivity contribution in [2.75, 3.05) is 18.6 Å². The SMILES string of the molecule is C.CN1C(=O)[C@@H](NC(=O)c2cn(Cc3ccccc3)cn2)COc2cc3[nH]ccc3cc21. The predicted molar refractivity (Wildman–Crippen MR) is 123 cm³/mol. The van der Waals surface area contributed by atoms with Crippen molar-refractivity contribution in [3.05, 3.63) is 78.5 Å². The number of nitrogens with zero attached hydrogens (tertiary/aromatic N) is 3. The molecule has 0 aliphatic carbocycles. The third-order valence-corrected chi connectivity index (χ3v) is 5.41. The molecule has 3 heterocycles. The summed E-state index contributed by atoms with van der Waals surface area (Å²) in [5, 5.41) is 3.74. The number of ether oxygens (including phenoxy) is 1. The molecule has 0 radical (unpaired) electrons. The van der Waals surface area contributed by atoms with Crippen molar-refractivity contribution in [1.29, 1.82) is 0 Å². The molecule has 1 atom stereocenters. The van der Waals surface area contributed by atoms with Crippen LogP contribution < -0.4 is 15.0 Å². The van der Waals surface area contributed by atoms with Gasteiger partial charge in [0.05, 0.1) is 12.0 Å². The molecule has 0 unspecified atom stereocenters. The van der Waals surface area contributed by atoms with Crippen LogP contribution in [0.5, 0.6) is 5.75 Å². The quantitative estimate of drug-likeness (QED) is 0.519. The average molecular weight is 431 g/mol. The Kier molecular flexibility index (Phi) is 5.68. The first-order valence-electron chi connectivity index (χ1n) is 9.96. The lowest BCUT2D eigenvalue weighted by molar-refractivity contribution is -0.120. The molecule has 5 rings (SSSR count). The monoisotopic (exact) mass is 431 g/mol. The van der Waals surface area contributed by atoms with Gasteiger partial charge >= 0.3 is 0 Å². The molecule has 2 N–H and O–H groups in total. The normalized spacial score (nSPS) is 15.5. The summed E-state index contributed by atoms with van der Waals surface area (Å²) in [5.74, 6) is -0.0689. The van der Waals surface area contributed by atoms with E-state index in [1.54, 1.807) is 19.6 Å². The molecule has 0 saturated heterocycles. The summed E-state index contributed by atoms with van der Waals surface area (Å²) in [4.78, 5) is 34.6. The van der Waals surface area contributed by atoms with Crippen LogP contribution in [0.15, 0.2) is 67.3 Å². The Bertz CT molecular complexity index is 1260.